The number of carbonyl (C=O) groups excluding carboxylic acids is 1. The average Bonchev–Trinajstić information content (AvgIpc) is 3.48. The maximum Gasteiger partial charge on any atom is 0.234 e. The van der Waals surface area contributed by atoms with Gasteiger partial charge in [0, 0.05) is 56.5 Å². The van der Waals surface area contributed by atoms with Gasteiger partial charge in [-0.1, -0.05) is 0 Å². The fourth-order valence-corrected chi connectivity index (χ4v) is 3.79. The lowest BCUT2D eigenvalue weighted by Gasteiger charge is -2.36. The van der Waals surface area contributed by atoms with Gasteiger partial charge in [-0.3, -0.25) is 14.7 Å². The number of aliphatic imine (C=N–C) groups is 1. The maximum atomic E-state index is 12.9. The maximum absolute atomic E-state index is 12.9. The van der Waals surface area contributed by atoms with Crippen LogP contribution < -0.4 is 10.6 Å². The first-order valence-corrected chi connectivity index (χ1v) is 10.5. The molecule has 2 N–H and O–H groups in total. The molecule has 0 spiro atoms. The number of halogens is 1. The zero-order chi connectivity index (χ0) is 19.1. The summed E-state index contributed by atoms with van der Waals surface area (Å²) >= 11 is 1.69. The van der Waals surface area contributed by atoms with Crippen molar-refractivity contribution in [2.45, 2.75) is 23.8 Å². The number of piperazine rings is 1. The van der Waals surface area contributed by atoms with E-state index < -0.39 is 0 Å². The minimum atomic E-state index is -0.206. The van der Waals surface area contributed by atoms with Crippen LogP contribution in [0, 0.1) is 5.82 Å². The number of benzene rings is 1. The number of nitrogens with one attached hydrogen (secondary N) is 2. The van der Waals surface area contributed by atoms with Crippen molar-refractivity contribution in [3.63, 3.8) is 0 Å². The Morgan fingerprint density at radius 2 is 1.93 bits per heavy atom. The minimum absolute atomic E-state index is 0.145. The number of rotatable bonds is 7. The van der Waals surface area contributed by atoms with Crippen molar-refractivity contribution in [2.24, 2.45) is 4.99 Å². The third-order valence-electron chi connectivity index (χ3n) is 4.66. The second kappa shape index (κ2) is 9.94. The molecular formula is C19H28FN5OS. The van der Waals surface area contributed by atoms with E-state index in [1.54, 1.807) is 30.9 Å². The molecule has 1 amide bonds. The third-order valence-corrected chi connectivity index (χ3v) is 5.67. The molecule has 1 aliphatic heterocycles. The Morgan fingerprint density at radius 1 is 1.22 bits per heavy atom. The molecule has 27 heavy (non-hydrogen) atoms. The number of hydrogen-bond acceptors (Lipinski definition) is 4. The number of amides is 1. The van der Waals surface area contributed by atoms with Crippen LogP contribution in [-0.4, -0.2) is 79.8 Å². The zero-order valence-corrected chi connectivity index (χ0v) is 16.6. The van der Waals surface area contributed by atoms with Gasteiger partial charge >= 0.3 is 0 Å². The van der Waals surface area contributed by atoms with Crippen LogP contribution in [0.2, 0.25) is 0 Å². The van der Waals surface area contributed by atoms with E-state index in [4.69, 9.17) is 0 Å². The van der Waals surface area contributed by atoms with Crippen LogP contribution in [0.25, 0.3) is 0 Å². The number of guanidine groups is 1. The number of carbonyl (C=O) groups is 1. The Morgan fingerprint density at radius 3 is 2.56 bits per heavy atom. The van der Waals surface area contributed by atoms with Crippen molar-refractivity contribution >= 4 is 23.6 Å². The molecule has 1 aromatic carbocycles. The van der Waals surface area contributed by atoms with E-state index in [1.807, 2.05) is 0 Å². The second-order valence-electron chi connectivity index (χ2n) is 6.88. The van der Waals surface area contributed by atoms with Crippen LogP contribution in [0.3, 0.4) is 0 Å². The summed E-state index contributed by atoms with van der Waals surface area (Å²) in [6.45, 7) is 4.73. The van der Waals surface area contributed by atoms with Gasteiger partial charge in [-0.2, -0.15) is 0 Å². The van der Waals surface area contributed by atoms with Crippen LogP contribution in [0.5, 0.6) is 0 Å². The zero-order valence-electron chi connectivity index (χ0n) is 15.8. The van der Waals surface area contributed by atoms with Crippen molar-refractivity contribution in [3.8, 4) is 0 Å². The molecule has 2 fully saturated rings. The molecule has 0 aromatic heterocycles. The monoisotopic (exact) mass is 393 g/mol. The van der Waals surface area contributed by atoms with Gasteiger partial charge in [0.15, 0.2) is 5.96 Å². The molecule has 8 heteroatoms. The molecule has 0 unspecified atom stereocenters. The van der Waals surface area contributed by atoms with E-state index in [0.29, 0.717) is 12.6 Å². The molecule has 6 nitrogen and oxygen atoms in total. The molecule has 1 aliphatic carbocycles. The van der Waals surface area contributed by atoms with E-state index in [1.165, 1.54) is 12.1 Å². The van der Waals surface area contributed by atoms with Gasteiger partial charge in [-0.15, -0.1) is 11.8 Å². The standard InChI is InChI=1S/C19H28FN5OS/c1-21-19(22-8-13-27-17-6-2-15(20)3-7-17)25-11-9-24(10-12-25)14-18(26)23-16-4-5-16/h2-3,6-7,16H,4-5,8-14H2,1H3,(H,21,22)(H,23,26). The smallest absolute Gasteiger partial charge is 0.234 e. The van der Waals surface area contributed by atoms with E-state index >= 15 is 0 Å². The van der Waals surface area contributed by atoms with Gasteiger partial charge in [0.05, 0.1) is 6.54 Å². The highest BCUT2D eigenvalue weighted by Gasteiger charge is 2.25. The van der Waals surface area contributed by atoms with Crippen molar-refractivity contribution in [3.05, 3.63) is 30.1 Å². The molecule has 2 aliphatic rings. The Hall–Kier alpha value is -1.80. The predicted octanol–water partition coefficient (Wildman–Crippen LogP) is 1.39. The molecule has 1 aromatic rings. The van der Waals surface area contributed by atoms with Crippen molar-refractivity contribution in [1.82, 2.24) is 20.4 Å². The average molecular weight is 394 g/mol. The second-order valence-corrected chi connectivity index (χ2v) is 8.05. The number of nitrogens with zero attached hydrogens (tertiary/aromatic N) is 3. The summed E-state index contributed by atoms with van der Waals surface area (Å²) in [5, 5.41) is 6.44. The lowest BCUT2D eigenvalue weighted by molar-refractivity contribution is -0.122. The molecule has 1 saturated carbocycles. The summed E-state index contributed by atoms with van der Waals surface area (Å²) < 4.78 is 12.9. The summed E-state index contributed by atoms with van der Waals surface area (Å²) in [7, 11) is 1.80. The Balaban J connectivity index is 1.33. The van der Waals surface area contributed by atoms with Crippen molar-refractivity contribution < 1.29 is 9.18 Å². The summed E-state index contributed by atoms with van der Waals surface area (Å²) in [5.41, 5.74) is 0. The number of thioether (sulfide) groups is 1. The van der Waals surface area contributed by atoms with Crippen LogP contribution in [0.4, 0.5) is 4.39 Å². The quantitative estimate of drug-likeness (QED) is 0.317. The Bertz CT molecular complexity index is 642. The minimum Gasteiger partial charge on any atom is -0.355 e. The molecular weight excluding hydrogens is 365 g/mol. The molecule has 148 valence electrons. The summed E-state index contributed by atoms with van der Waals surface area (Å²) in [6.07, 6.45) is 2.25. The van der Waals surface area contributed by atoms with E-state index in [0.717, 1.165) is 62.2 Å². The summed E-state index contributed by atoms with van der Waals surface area (Å²) in [4.78, 5) is 21.8. The SMILES string of the molecule is CN=C(NCCSc1ccc(F)cc1)N1CCN(CC(=O)NC2CC2)CC1. The van der Waals surface area contributed by atoms with Crippen LogP contribution in [-0.2, 0) is 4.79 Å². The van der Waals surface area contributed by atoms with E-state index in [-0.39, 0.29) is 11.7 Å². The summed E-state index contributed by atoms with van der Waals surface area (Å²) in [5.74, 6) is 1.72. The first-order valence-electron chi connectivity index (χ1n) is 9.50. The van der Waals surface area contributed by atoms with Gasteiger partial charge in [-0.05, 0) is 37.1 Å². The third kappa shape index (κ3) is 6.70. The fraction of sp³-hybridized carbons (Fsp3) is 0.579. The Labute approximate surface area is 164 Å². The molecule has 0 bridgehead atoms. The van der Waals surface area contributed by atoms with E-state index in [9.17, 15) is 9.18 Å². The fourth-order valence-electron chi connectivity index (χ4n) is 3.02. The van der Waals surface area contributed by atoms with Crippen molar-refractivity contribution in [2.75, 3.05) is 52.1 Å². The molecule has 1 saturated heterocycles. The lowest BCUT2D eigenvalue weighted by Crippen LogP contribution is -2.54. The topological polar surface area (TPSA) is 60.0 Å². The van der Waals surface area contributed by atoms with Crippen molar-refractivity contribution in [1.29, 1.82) is 0 Å². The highest BCUT2D eigenvalue weighted by Crippen LogP contribution is 2.18. The van der Waals surface area contributed by atoms with Gasteiger partial charge in [0.1, 0.15) is 5.82 Å². The van der Waals surface area contributed by atoms with E-state index in [2.05, 4.69) is 25.4 Å². The molecule has 0 atom stereocenters. The lowest BCUT2D eigenvalue weighted by atomic mass is 10.3. The predicted molar refractivity (Wildman–Crippen MR) is 108 cm³/mol. The van der Waals surface area contributed by atoms with Crippen LogP contribution in [0.1, 0.15) is 12.8 Å². The van der Waals surface area contributed by atoms with Gasteiger partial charge in [0.25, 0.3) is 0 Å². The normalized spacial score (nSPS) is 18.4. The highest BCUT2D eigenvalue weighted by atomic mass is 32.2. The molecule has 3 rings (SSSR count). The highest BCUT2D eigenvalue weighted by molar-refractivity contribution is 7.99. The molecule has 0 radical (unpaired) electrons. The van der Waals surface area contributed by atoms with Crippen LogP contribution in [0.15, 0.2) is 34.2 Å². The van der Waals surface area contributed by atoms with Crippen LogP contribution >= 0.6 is 11.8 Å². The van der Waals surface area contributed by atoms with Gasteiger partial charge in [0.2, 0.25) is 5.91 Å². The first-order chi connectivity index (χ1) is 13.1. The first kappa shape index (κ1) is 19.9. The Kier molecular flexibility index (Phi) is 7.34. The summed E-state index contributed by atoms with van der Waals surface area (Å²) in [6, 6.07) is 6.99. The largest absolute Gasteiger partial charge is 0.355 e. The number of hydrogen-bond donors (Lipinski definition) is 2. The van der Waals surface area contributed by atoms with Gasteiger partial charge in [-0.25, -0.2) is 4.39 Å². The van der Waals surface area contributed by atoms with Gasteiger partial charge < -0.3 is 15.5 Å². The molecule has 1 heterocycles.